The predicted octanol–water partition coefficient (Wildman–Crippen LogP) is 3.59. The molecule has 1 saturated heterocycles. The largest absolute Gasteiger partial charge is 0.416 e. The number of amides is 1. The van der Waals surface area contributed by atoms with Crippen molar-refractivity contribution in [2.45, 2.75) is 19.1 Å². The van der Waals surface area contributed by atoms with Crippen LogP contribution in [0.2, 0.25) is 0 Å². The molecule has 1 heterocycles. The Morgan fingerprint density at radius 2 is 1.46 bits per heavy atom. The summed E-state index contributed by atoms with van der Waals surface area (Å²) >= 11 is 0. The number of hydrogen-bond acceptors (Lipinski definition) is 2. The maximum Gasteiger partial charge on any atom is 0.416 e. The van der Waals surface area contributed by atoms with Gasteiger partial charge in [-0.2, -0.15) is 13.2 Å². The van der Waals surface area contributed by atoms with Crippen LogP contribution in [0.1, 0.15) is 16.7 Å². The summed E-state index contributed by atoms with van der Waals surface area (Å²) in [5, 5.41) is 0. The van der Waals surface area contributed by atoms with Crippen LogP contribution in [0.3, 0.4) is 0 Å². The SMILES string of the molecule is O=C(Cc1ccc(C(F)(F)F)cc1)N1CCN(Cc2ccccc2)CC1. The first-order valence-corrected chi connectivity index (χ1v) is 8.62. The molecule has 0 N–H and O–H groups in total. The Hall–Kier alpha value is -2.34. The van der Waals surface area contributed by atoms with Gasteiger partial charge in [0, 0.05) is 32.7 Å². The van der Waals surface area contributed by atoms with Crippen LogP contribution in [0.5, 0.6) is 0 Å². The van der Waals surface area contributed by atoms with Crippen LogP contribution in [-0.2, 0) is 23.9 Å². The Bertz CT molecular complexity index is 721. The van der Waals surface area contributed by atoms with Gasteiger partial charge in [0.2, 0.25) is 5.91 Å². The summed E-state index contributed by atoms with van der Waals surface area (Å²) in [6.45, 7) is 3.75. The average molecular weight is 362 g/mol. The third-order valence-electron chi connectivity index (χ3n) is 4.61. The number of alkyl halides is 3. The molecule has 2 aromatic rings. The minimum atomic E-state index is -4.35. The van der Waals surface area contributed by atoms with E-state index in [0.29, 0.717) is 18.7 Å². The molecule has 1 aliphatic rings. The highest BCUT2D eigenvalue weighted by Crippen LogP contribution is 2.29. The zero-order valence-electron chi connectivity index (χ0n) is 14.4. The quantitative estimate of drug-likeness (QED) is 0.830. The molecule has 26 heavy (non-hydrogen) atoms. The van der Waals surface area contributed by atoms with Crippen molar-refractivity contribution in [2.24, 2.45) is 0 Å². The highest BCUT2D eigenvalue weighted by atomic mass is 19.4. The number of nitrogens with zero attached hydrogens (tertiary/aromatic N) is 2. The molecule has 1 fully saturated rings. The van der Waals surface area contributed by atoms with E-state index in [1.165, 1.54) is 17.7 Å². The Balaban J connectivity index is 1.49. The van der Waals surface area contributed by atoms with Gasteiger partial charge in [0.05, 0.1) is 12.0 Å². The molecule has 138 valence electrons. The lowest BCUT2D eigenvalue weighted by atomic mass is 10.1. The van der Waals surface area contributed by atoms with Gasteiger partial charge in [-0.05, 0) is 23.3 Å². The second kappa shape index (κ2) is 7.91. The Morgan fingerprint density at radius 3 is 2.04 bits per heavy atom. The number of carbonyl (C=O) groups excluding carboxylic acids is 1. The number of halogens is 3. The van der Waals surface area contributed by atoms with Crippen molar-refractivity contribution in [1.82, 2.24) is 9.80 Å². The lowest BCUT2D eigenvalue weighted by molar-refractivity contribution is -0.137. The third kappa shape index (κ3) is 4.85. The molecule has 2 aromatic carbocycles. The lowest BCUT2D eigenvalue weighted by Gasteiger charge is -2.34. The summed E-state index contributed by atoms with van der Waals surface area (Å²) < 4.78 is 37.8. The minimum Gasteiger partial charge on any atom is -0.340 e. The molecule has 0 radical (unpaired) electrons. The topological polar surface area (TPSA) is 23.6 Å². The summed E-state index contributed by atoms with van der Waals surface area (Å²) in [7, 11) is 0. The first kappa shape index (κ1) is 18.5. The summed E-state index contributed by atoms with van der Waals surface area (Å²) in [5.74, 6) is -0.0379. The highest BCUT2D eigenvalue weighted by Gasteiger charge is 2.30. The van der Waals surface area contributed by atoms with E-state index in [1.54, 1.807) is 4.90 Å². The van der Waals surface area contributed by atoms with Crippen LogP contribution in [0.25, 0.3) is 0 Å². The van der Waals surface area contributed by atoms with Crippen molar-refractivity contribution in [3.63, 3.8) is 0 Å². The van der Waals surface area contributed by atoms with E-state index >= 15 is 0 Å². The normalized spacial score (nSPS) is 15.9. The maximum absolute atomic E-state index is 12.6. The zero-order chi connectivity index (χ0) is 18.6. The minimum absolute atomic E-state index is 0.0379. The summed E-state index contributed by atoms with van der Waals surface area (Å²) in [4.78, 5) is 16.5. The molecule has 0 aromatic heterocycles. The van der Waals surface area contributed by atoms with Crippen LogP contribution < -0.4 is 0 Å². The lowest BCUT2D eigenvalue weighted by Crippen LogP contribution is -2.48. The predicted molar refractivity (Wildman–Crippen MR) is 93.4 cm³/mol. The monoisotopic (exact) mass is 362 g/mol. The van der Waals surface area contributed by atoms with Gasteiger partial charge < -0.3 is 4.90 Å². The van der Waals surface area contributed by atoms with E-state index < -0.39 is 11.7 Å². The fourth-order valence-corrected chi connectivity index (χ4v) is 3.10. The van der Waals surface area contributed by atoms with Gasteiger partial charge >= 0.3 is 6.18 Å². The molecule has 3 nitrogen and oxygen atoms in total. The number of hydrogen-bond donors (Lipinski definition) is 0. The van der Waals surface area contributed by atoms with Crippen molar-refractivity contribution in [3.8, 4) is 0 Å². The van der Waals surface area contributed by atoms with Gasteiger partial charge in [0.25, 0.3) is 0 Å². The van der Waals surface area contributed by atoms with Crippen molar-refractivity contribution < 1.29 is 18.0 Å². The number of carbonyl (C=O) groups is 1. The first-order valence-electron chi connectivity index (χ1n) is 8.62. The molecular formula is C20H21F3N2O. The van der Waals surface area contributed by atoms with E-state index in [0.717, 1.165) is 31.8 Å². The Kier molecular flexibility index (Phi) is 5.61. The molecule has 0 unspecified atom stereocenters. The van der Waals surface area contributed by atoms with Crippen molar-refractivity contribution in [1.29, 1.82) is 0 Å². The van der Waals surface area contributed by atoms with Crippen LogP contribution in [-0.4, -0.2) is 41.9 Å². The second-order valence-electron chi connectivity index (χ2n) is 6.51. The molecule has 3 rings (SSSR count). The van der Waals surface area contributed by atoms with Gasteiger partial charge in [-0.1, -0.05) is 42.5 Å². The van der Waals surface area contributed by atoms with E-state index in [2.05, 4.69) is 17.0 Å². The number of benzene rings is 2. The summed E-state index contributed by atoms with van der Waals surface area (Å²) in [6.07, 6.45) is -4.21. The van der Waals surface area contributed by atoms with Gasteiger partial charge in [0.1, 0.15) is 0 Å². The molecule has 6 heteroatoms. The van der Waals surface area contributed by atoms with Gasteiger partial charge in [-0.15, -0.1) is 0 Å². The molecule has 0 aliphatic carbocycles. The fourth-order valence-electron chi connectivity index (χ4n) is 3.10. The molecule has 1 aliphatic heterocycles. The Labute approximate surface area is 151 Å². The van der Waals surface area contributed by atoms with Crippen molar-refractivity contribution in [3.05, 3.63) is 71.3 Å². The first-order chi connectivity index (χ1) is 12.4. The second-order valence-corrected chi connectivity index (χ2v) is 6.51. The summed E-state index contributed by atoms with van der Waals surface area (Å²) in [5.41, 5.74) is 1.16. The highest BCUT2D eigenvalue weighted by molar-refractivity contribution is 5.78. The van der Waals surface area contributed by atoms with Crippen LogP contribution in [0.15, 0.2) is 54.6 Å². The maximum atomic E-state index is 12.6. The smallest absolute Gasteiger partial charge is 0.340 e. The van der Waals surface area contributed by atoms with Gasteiger partial charge in [-0.3, -0.25) is 9.69 Å². The third-order valence-corrected chi connectivity index (χ3v) is 4.61. The average Bonchev–Trinajstić information content (AvgIpc) is 2.63. The van der Waals surface area contributed by atoms with Gasteiger partial charge in [0.15, 0.2) is 0 Å². The van der Waals surface area contributed by atoms with E-state index in [4.69, 9.17) is 0 Å². The van der Waals surface area contributed by atoms with E-state index in [1.807, 2.05) is 18.2 Å². The molecule has 0 bridgehead atoms. The van der Waals surface area contributed by atoms with Crippen LogP contribution in [0.4, 0.5) is 13.2 Å². The molecule has 0 saturated carbocycles. The van der Waals surface area contributed by atoms with Crippen molar-refractivity contribution >= 4 is 5.91 Å². The molecule has 0 atom stereocenters. The standard InChI is InChI=1S/C20H21F3N2O/c21-20(22,23)18-8-6-16(7-9-18)14-19(26)25-12-10-24(11-13-25)15-17-4-2-1-3-5-17/h1-9H,10-15H2. The van der Waals surface area contributed by atoms with Crippen LogP contribution in [0, 0.1) is 0 Å². The molecular weight excluding hydrogens is 341 g/mol. The molecule has 0 spiro atoms. The Morgan fingerprint density at radius 1 is 0.846 bits per heavy atom. The molecule has 1 amide bonds. The van der Waals surface area contributed by atoms with Gasteiger partial charge in [-0.25, -0.2) is 0 Å². The number of piperazine rings is 1. The van der Waals surface area contributed by atoms with E-state index in [9.17, 15) is 18.0 Å². The van der Waals surface area contributed by atoms with E-state index in [-0.39, 0.29) is 12.3 Å². The summed E-state index contributed by atoms with van der Waals surface area (Å²) in [6, 6.07) is 15.0. The number of rotatable bonds is 4. The fraction of sp³-hybridized carbons (Fsp3) is 0.350. The van der Waals surface area contributed by atoms with Crippen LogP contribution >= 0.6 is 0 Å². The van der Waals surface area contributed by atoms with Crippen molar-refractivity contribution in [2.75, 3.05) is 26.2 Å². The zero-order valence-corrected chi connectivity index (χ0v) is 14.4.